The summed E-state index contributed by atoms with van der Waals surface area (Å²) in [5.41, 5.74) is 2.71. The van der Waals surface area contributed by atoms with Gasteiger partial charge >= 0.3 is 0 Å². The van der Waals surface area contributed by atoms with Crippen LogP contribution in [0.2, 0.25) is 0 Å². The van der Waals surface area contributed by atoms with E-state index in [-0.39, 0.29) is 0 Å². The molecule has 0 spiro atoms. The average molecular weight is 250 g/mol. The minimum atomic E-state index is 0.847. The van der Waals surface area contributed by atoms with Gasteiger partial charge in [0.1, 0.15) is 0 Å². The molecule has 0 N–H and O–H groups in total. The fourth-order valence-corrected chi connectivity index (χ4v) is 2.37. The van der Waals surface area contributed by atoms with Crippen molar-refractivity contribution in [2.75, 3.05) is 14.2 Å². The Balaban J connectivity index is 2.89. The van der Waals surface area contributed by atoms with E-state index in [2.05, 4.69) is 19.9 Å². The van der Waals surface area contributed by atoms with Crippen molar-refractivity contribution in [3.05, 3.63) is 23.3 Å². The van der Waals surface area contributed by atoms with Crippen LogP contribution in [-0.2, 0) is 12.8 Å². The molecule has 0 unspecified atom stereocenters. The fourth-order valence-electron chi connectivity index (χ4n) is 2.37. The first-order chi connectivity index (χ1) is 8.78. The Morgan fingerprint density at radius 1 is 0.944 bits per heavy atom. The normalized spacial score (nSPS) is 10.4. The summed E-state index contributed by atoms with van der Waals surface area (Å²) in [7, 11) is 3.43. The van der Waals surface area contributed by atoms with E-state index < -0.39 is 0 Å². The zero-order valence-corrected chi connectivity index (χ0v) is 12.2. The van der Waals surface area contributed by atoms with Gasteiger partial charge in [-0.3, -0.25) is 0 Å². The predicted molar refractivity (Wildman–Crippen MR) is 76.8 cm³/mol. The van der Waals surface area contributed by atoms with Gasteiger partial charge in [0.15, 0.2) is 11.5 Å². The number of unbranched alkanes of at least 4 members (excludes halogenated alkanes) is 3. The van der Waals surface area contributed by atoms with Crippen LogP contribution < -0.4 is 9.47 Å². The zero-order chi connectivity index (χ0) is 13.4. The van der Waals surface area contributed by atoms with Gasteiger partial charge in [0, 0.05) is 5.56 Å². The van der Waals surface area contributed by atoms with E-state index in [0.717, 1.165) is 24.3 Å². The van der Waals surface area contributed by atoms with Crippen molar-refractivity contribution in [1.29, 1.82) is 0 Å². The molecule has 1 aromatic carbocycles. The van der Waals surface area contributed by atoms with Crippen LogP contribution in [0.5, 0.6) is 11.5 Å². The first-order valence-electron chi connectivity index (χ1n) is 7.01. The average Bonchev–Trinajstić information content (AvgIpc) is 2.42. The van der Waals surface area contributed by atoms with Crippen molar-refractivity contribution in [2.45, 2.75) is 52.4 Å². The van der Waals surface area contributed by atoms with Gasteiger partial charge in [-0.1, -0.05) is 39.2 Å². The van der Waals surface area contributed by atoms with E-state index in [9.17, 15) is 0 Å². The van der Waals surface area contributed by atoms with Gasteiger partial charge in [-0.05, 0) is 30.9 Å². The molecule has 0 aromatic heterocycles. The Labute approximate surface area is 111 Å². The molecule has 0 aliphatic heterocycles. The Kier molecular flexibility index (Phi) is 6.63. The predicted octanol–water partition coefficient (Wildman–Crippen LogP) is 4.39. The summed E-state index contributed by atoms with van der Waals surface area (Å²) < 4.78 is 10.9. The van der Waals surface area contributed by atoms with Crippen molar-refractivity contribution in [3.63, 3.8) is 0 Å². The van der Waals surface area contributed by atoms with Gasteiger partial charge in [0.2, 0.25) is 0 Å². The number of benzene rings is 1. The largest absolute Gasteiger partial charge is 0.493 e. The first-order valence-corrected chi connectivity index (χ1v) is 7.01. The SMILES string of the molecule is CCCCCCc1c(CC)ccc(OC)c1OC. The van der Waals surface area contributed by atoms with Crippen LogP contribution in [0.4, 0.5) is 0 Å². The lowest BCUT2D eigenvalue weighted by molar-refractivity contribution is 0.350. The highest BCUT2D eigenvalue weighted by Crippen LogP contribution is 2.34. The molecule has 0 saturated carbocycles. The van der Waals surface area contributed by atoms with E-state index in [1.54, 1.807) is 14.2 Å². The highest BCUT2D eigenvalue weighted by Gasteiger charge is 2.13. The van der Waals surface area contributed by atoms with Crippen molar-refractivity contribution in [2.24, 2.45) is 0 Å². The third-order valence-electron chi connectivity index (χ3n) is 3.41. The Bertz CT molecular complexity index is 358. The number of hydrogen-bond acceptors (Lipinski definition) is 2. The van der Waals surface area contributed by atoms with Gasteiger partial charge in [-0.25, -0.2) is 0 Å². The second kappa shape index (κ2) is 8.02. The van der Waals surface area contributed by atoms with E-state index in [0.29, 0.717) is 0 Å². The molecule has 1 rings (SSSR count). The zero-order valence-electron chi connectivity index (χ0n) is 12.2. The summed E-state index contributed by atoms with van der Waals surface area (Å²) in [4.78, 5) is 0. The monoisotopic (exact) mass is 250 g/mol. The molecule has 0 amide bonds. The molecule has 0 bridgehead atoms. The van der Waals surface area contributed by atoms with Crippen molar-refractivity contribution >= 4 is 0 Å². The van der Waals surface area contributed by atoms with Gasteiger partial charge in [0.25, 0.3) is 0 Å². The van der Waals surface area contributed by atoms with E-state index in [4.69, 9.17) is 9.47 Å². The minimum absolute atomic E-state index is 0.847. The van der Waals surface area contributed by atoms with Crippen molar-refractivity contribution < 1.29 is 9.47 Å². The molecular formula is C16H26O2. The maximum Gasteiger partial charge on any atom is 0.164 e. The number of ether oxygens (including phenoxy) is 2. The highest BCUT2D eigenvalue weighted by molar-refractivity contribution is 5.51. The lowest BCUT2D eigenvalue weighted by Crippen LogP contribution is -2.01. The lowest BCUT2D eigenvalue weighted by Gasteiger charge is -2.16. The second-order valence-corrected chi connectivity index (χ2v) is 4.60. The number of aryl methyl sites for hydroxylation is 1. The maximum atomic E-state index is 5.54. The Hall–Kier alpha value is -1.18. The molecule has 18 heavy (non-hydrogen) atoms. The molecule has 0 atom stereocenters. The van der Waals surface area contributed by atoms with Gasteiger partial charge in [-0.2, -0.15) is 0 Å². The van der Waals surface area contributed by atoms with Crippen LogP contribution in [0.15, 0.2) is 12.1 Å². The standard InChI is InChI=1S/C16H26O2/c1-5-7-8-9-10-14-13(6-2)11-12-15(17-3)16(14)18-4/h11-12H,5-10H2,1-4H3. The summed E-state index contributed by atoms with van der Waals surface area (Å²) in [5, 5.41) is 0. The Morgan fingerprint density at radius 3 is 2.28 bits per heavy atom. The molecule has 102 valence electrons. The van der Waals surface area contributed by atoms with Gasteiger partial charge in [0.05, 0.1) is 14.2 Å². The van der Waals surface area contributed by atoms with E-state index in [1.165, 1.54) is 36.8 Å². The summed E-state index contributed by atoms with van der Waals surface area (Å²) in [6, 6.07) is 4.17. The minimum Gasteiger partial charge on any atom is -0.493 e. The van der Waals surface area contributed by atoms with Crippen LogP contribution in [0.25, 0.3) is 0 Å². The Morgan fingerprint density at radius 2 is 1.72 bits per heavy atom. The molecule has 0 saturated heterocycles. The molecular weight excluding hydrogens is 224 g/mol. The molecule has 0 fully saturated rings. The van der Waals surface area contributed by atoms with Crippen LogP contribution in [0.1, 0.15) is 50.7 Å². The van der Waals surface area contributed by atoms with Crippen LogP contribution in [0, 0.1) is 0 Å². The summed E-state index contributed by atoms with van der Waals surface area (Å²) in [6.07, 6.45) is 7.24. The second-order valence-electron chi connectivity index (χ2n) is 4.60. The molecule has 1 aromatic rings. The van der Waals surface area contributed by atoms with Gasteiger partial charge in [-0.15, -0.1) is 0 Å². The quantitative estimate of drug-likeness (QED) is 0.637. The number of hydrogen-bond donors (Lipinski definition) is 0. The fraction of sp³-hybridized carbons (Fsp3) is 0.625. The molecule has 0 radical (unpaired) electrons. The highest BCUT2D eigenvalue weighted by atomic mass is 16.5. The van der Waals surface area contributed by atoms with E-state index >= 15 is 0 Å². The maximum absolute atomic E-state index is 5.54. The van der Waals surface area contributed by atoms with Crippen LogP contribution >= 0.6 is 0 Å². The van der Waals surface area contributed by atoms with Gasteiger partial charge < -0.3 is 9.47 Å². The van der Waals surface area contributed by atoms with Crippen LogP contribution in [0.3, 0.4) is 0 Å². The van der Waals surface area contributed by atoms with Crippen molar-refractivity contribution in [1.82, 2.24) is 0 Å². The molecule has 0 aliphatic carbocycles. The van der Waals surface area contributed by atoms with Crippen LogP contribution in [-0.4, -0.2) is 14.2 Å². The summed E-state index contributed by atoms with van der Waals surface area (Å²) in [5.74, 6) is 1.77. The molecule has 0 aliphatic rings. The third kappa shape index (κ3) is 3.66. The summed E-state index contributed by atoms with van der Waals surface area (Å²) >= 11 is 0. The smallest absolute Gasteiger partial charge is 0.164 e. The number of rotatable bonds is 8. The molecule has 2 nitrogen and oxygen atoms in total. The summed E-state index contributed by atoms with van der Waals surface area (Å²) in [6.45, 7) is 4.43. The van der Waals surface area contributed by atoms with E-state index in [1.807, 2.05) is 6.07 Å². The topological polar surface area (TPSA) is 18.5 Å². The number of methoxy groups -OCH3 is 2. The molecule has 0 heterocycles. The molecule has 2 heteroatoms. The lowest BCUT2D eigenvalue weighted by atomic mass is 9.97. The van der Waals surface area contributed by atoms with Crippen molar-refractivity contribution in [3.8, 4) is 11.5 Å². The first kappa shape index (κ1) is 14.9. The third-order valence-corrected chi connectivity index (χ3v) is 3.41.